The molecule has 0 aliphatic carbocycles. The lowest BCUT2D eigenvalue weighted by molar-refractivity contribution is 1.12. The van der Waals surface area contributed by atoms with E-state index in [-0.39, 0.29) is 0 Å². The Kier molecular flexibility index (Phi) is 3.05. The number of nitrogens with one attached hydrogen (secondary N) is 1. The van der Waals surface area contributed by atoms with Crippen molar-refractivity contribution in [2.75, 3.05) is 11.1 Å². The molecule has 0 aliphatic rings. The zero-order valence-electron chi connectivity index (χ0n) is 10.6. The van der Waals surface area contributed by atoms with Crippen LogP contribution in [-0.2, 0) is 6.54 Å². The average Bonchev–Trinajstić information content (AvgIpc) is 2.84. The van der Waals surface area contributed by atoms with Crippen LogP contribution in [0.4, 0.5) is 11.4 Å². The maximum Gasteiger partial charge on any atom is 0.0798 e. The zero-order chi connectivity index (χ0) is 13.2. The van der Waals surface area contributed by atoms with Gasteiger partial charge >= 0.3 is 0 Å². The van der Waals surface area contributed by atoms with Crippen molar-refractivity contribution in [2.45, 2.75) is 13.5 Å². The molecule has 5 heteroatoms. The molecule has 3 aromatic rings. The summed E-state index contributed by atoms with van der Waals surface area (Å²) >= 11 is 1.66. The highest BCUT2D eigenvalue weighted by Crippen LogP contribution is 2.28. The predicted octanol–water partition coefficient (Wildman–Crippen LogP) is 3.19. The number of nitrogens with two attached hydrogens (primary N) is 1. The summed E-state index contributed by atoms with van der Waals surface area (Å²) in [5, 5.41) is 5.51. The fourth-order valence-electron chi connectivity index (χ4n) is 2.04. The highest BCUT2D eigenvalue weighted by Gasteiger charge is 2.05. The number of thiazole rings is 1. The third kappa shape index (κ3) is 2.24. The summed E-state index contributed by atoms with van der Waals surface area (Å²) in [6.07, 6.45) is 3.60. The van der Waals surface area contributed by atoms with Crippen LogP contribution in [0.3, 0.4) is 0 Å². The van der Waals surface area contributed by atoms with Gasteiger partial charge in [-0.2, -0.15) is 0 Å². The van der Waals surface area contributed by atoms with Crippen LogP contribution in [0.2, 0.25) is 0 Å². The average molecular weight is 270 g/mol. The molecule has 1 aromatic carbocycles. The van der Waals surface area contributed by atoms with Crippen molar-refractivity contribution in [2.24, 2.45) is 0 Å². The smallest absolute Gasteiger partial charge is 0.0798 e. The molecule has 2 aromatic heterocycles. The van der Waals surface area contributed by atoms with Crippen LogP contribution >= 0.6 is 11.3 Å². The lowest BCUT2D eigenvalue weighted by Gasteiger charge is -2.10. The van der Waals surface area contributed by atoms with E-state index in [1.807, 2.05) is 36.8 Å². The Morgan fingerprint density at radius 1 is 1.26 bits per heavy atom. The lowest BCUT2D eigenvalue weighted by atomic mass is 10.1. The molecule has 0 aliphatic heterocycles. The molecule has 0 saturated heterocycles. The largest absolute Gasteiger partial charge is 0.398 e. The first-order valence-corrected chi connectivity index (χ1v) is 6.88. The first-order chi connectivity index (χ1) is 9.25. The number of benzene rings is 1. The molecule has 0 atom stereocenters. The standard InChI is InChI=1S/C14H14N4S/c1-9-14(19-8-18-9)7-17-13-3-2-12(15)10-4-5-16-6-11(10)13/h2-6,8,17H,7,15H2,1H3. The summed E-state index contributed by atoms with van der Waals surface area (Å²) < 4.78 is 0. The molecule has 0 fully saturated rings. The molecule has 0 saturated carbocycles. The molecule has 4 nitrogen and oxygen atoms in total. The highest BCUT2D eigenvalue weighted by atomic mass is 32.1. The molecular weight excluding hydrogens is 256 g/mol. The lowest BCUT2D eigenvalue weighted by Crippen LogP contribution is -2.00. The van der Waals surface area contributed by atoms with Crippen LogP contribution in [0.5, 0.6) is 0 Å². The Hall–Kier alpha value is -2.14. The minimum absolute atomic E-state index is 0.768. The predicted molar refractivity (Wildman–Crippen MR) is 80.3 cm³/mol. The van der Waals surface area contributed by atoms with Crippen LogP contribution in [0.1, 0.15) is 10.6 Å². The highest BCUT2D eigenvalue weighted by molar-refractivity contribution is 7.09. The van der Waals surface area contributed by atoms with Crippen molar-refractivity contribution in [3.8, 4) is 0 Å². The number of fused-ring (bicyclic) bond motifs is 1. The van der Waals surface area contributed by atoms with Gasteiger partial charge in [-0.25, -0.2) is 4.98 Å². The third-order valence-electron chi connectivity index (χ3n) is 3.14. The molecule has 0 bridgehead atoms. The maximum atomic E-state index is 5.98. The number of anilines is 2. The molecule has 3 N–H and O–H groups in total. The number of nitrogens with zero attached hydrogens (tertiary/aromatic N) is 2. The summed E-state index contributed by atoms with van der Waals surface area (Å²) in [4.78, 5) is 9.67. The van der Waals surface area contributed by atoms with Crippen molar-refractivity contribution in [3.05, 3.63) is 46.7 Å². The van der Waals surface area contributed by atoms with E-state index in [2.05, 4.69) is 15.3 Å². The van der Waals surface area contributed by atoms with Crippen LogP contribution in [0.15, 0.2) is 36.1 Å². The fourth-order valence-corrected chi connectivity index (χ4v) is 2.76. The minimum Gasteiger partial charge on any atom is -0.398 e. The topological polar surface area (TPSA) is 63.8 Å². The van der Waals surface area contributed by atoms with E-state index in [0.717, 1.165) is 34.4 Å². The second-order valence-corrected chi connectivity index (χ2v) is 5.28. The van der Waals surface area contributed by atoms with E-state index >= 15 is 0 Å². The van der Waals surface area contributed by atoms with Crippen molar-refractivity contribution in [3.63, 3.8) is 0 Å². The number of hydrogen-bond acceptors (Lipinski definition) is 5. The molecule has 0 spiro atoms. The zero-order valence-corrected chi connectivity index (χ0v) is 11.4. The van der Waals surface area contributed by atoms with Gasteiger partial charge in [0.25, 0.3) is 0 Å². The summed E-state index contributed by atoms with van der Waals surface area (Å²) in [5.41, 5.74) is 10.7. The number of hydrogen-bond donors (Lipinski definition) is 2. The van der Waals surface area contributed by atoms with Gasteiger partial charge in [-0.3, -0.25) is 4.98 Å². The summed E-state index contributed by atoms with van der Waals surface area (Å²) in [6.45, 7) is 2.79. The van der Waals surface area contributed by atoms with Crippen LogP contribution in [0.25, 0.3) is 10.8 Å². The van der Waals surface area contributed by atoms with Crippen molar-refractivity contribution < 1.29 is 0 Å². The van der Waals surface area contributed by atoms with Gasteiger partial charge in [0.1, 0.15) is 0 Å². The number of aryl methyl sites for hydroxylation is 1. The second-order valence-electron chi connectivity index (χ2n) is 4.34. The molecule has 2 heterocycles. The Bertz CT molecular complexity index is 720. The Morgan fingerprint density at radius 2 is 2.16 bits per heavy atom. The number of nitrogen functional groups attached to an aromatic ring is 1. The van der Waals surface area contributed by atoms with Gasteiger partial charge in [0, 0.05) is 39.4 Å². The molecule has 0 unspecified atom stereocenters. The normalized spacial score (nSPS) is 10.8. The second kappa shape index (κ2) is 4.85. The Morgan fingerprint density at radius 3 is 2.95 bits per heavy atom. The van der Waals surface area contributed by atoms with Crippen LogP contribution in [-0.4, -0.2) is 9.97 Å². The van der Waals surface area contributed by atoms with E-state index in [9.17, 15) is 0 Å². The summed E-state index contributed by atoms with van der Waals surface area (Å²) in [5.74, 6) is 0. The first-order valence-electron chi connectivity index (χ1n) is 6.01. The molecule has 19 heavy (non-hydrogen) atoms. The molecular formula is C14H14N4S. The Labute approximate surface area is 115 Å². The third-order valence-corrected chi connectivity index (χ3v) is 4.07. The summed E-state index contributed by atoms with van der Waals surface area (Å²) in [7, 11) is 0. The molecule has 0 amide bonds. The number of pyridine rings is 1. The van der Waals surface area contributed by atoms with Gasteiger partial charge in [-0.05, 0) is 25.1 Å². The van der Waals surface area contributed by atoms with Gasteiger partial charge in [0.2, 0.25) is 0 Å². The maximum absolute atomic E-state index is 5.98. The molecule has 0 radical (unpaired) electrons. The van der Waals surface area contributed by atoms with Gasteiger partial charge in [0.15, 0.2) is 0 Å². The fraction of sp³-hybridized carbons (Fsp3) is 0.143. The van der Waals surface area contributed by atoms with Crippen LogP contribution < -0.4 is 11.1 Å². The van der Waals surface area contributed by atoms with E-state index in [1.54, 1.807) is 17.5 Å². The summed E-state index contributed by atoms with van der Waals surface area (Å²) in [6, 6.07) is 5.85. The monoisotopic (exact) mass is 270 g/mol. The first kappa shape index (κ1) is 11.9. The van der Waals surface area contributed by atoms with E-state index in [1.165, 1.54) is 4.88 Å². The quantitative estimate of drug-likeness (QED) is 0.717. The van der Waals surface area contributed by atoms with E-state index in [0.29, 0.717) is 0 Å². The number of rotatable bonds is 3. The van der Waals surface area contributed by atoms with Gasteiger partial charge in [-0.15, -0.1) is 11.3 Å². The van der Waals surface area contributed by atoms with Gasteiger partial charge in [0.05, 0.1) is 17.7 Å². The molecule has 3 rings (SSSR count). The van der Waals surface area contributed by atoms with Crippen molar-refractivity contribution >= 4 is 33.5 Å². The number of aromatic nitrogens is 2. The van der Waals surface area contributed by atoms with E-state index < -0.39 is 0 Å². The van der Waals surface area contributed by atoms with Crippen LogP contribution in [0, 0.1) is 6.92 Å². The van der Waals surface area contributed by atoms with E-state index in [4.69, 9.17) is 5.73 Å². The van der Waals surface area contributed by atoms with Gasteiger partial charge in [-0.1, -0.05) is 0 Å². The minimum atomic E-state index is 0.768. The Balaban J connectivity index is 1.93. The van der Waals surface area contributed by atoms with Crippen molar-refractivity contribution in [1.82, 2.24) is 9.97 Å². The molecule has 96 valence electrons. The van der Waals surface area contributed by atoms with Crippen molar-refractivity contribution in [1.29, 1.82) is 0 Å². The van der Waals surface area contributed by atoms with Gasteiger partial charge < -0.3 is 11.1 Å². The SMILES string of the molecule is Cc1ncsc1CNc1ccc(N)c2ccncc12.